The van der Waals surface area contributed by atoms with Gasteiger partial charge in [-0.05, 0) is 49.2 Å². The van der Waals surface area contributed by atoms with E-state index in [1.165, 1.54) is 61.7 Å². The van der Waals surface area contributed by atoms with E-state index in [1.54, 1.807) is 43.3 Å². The Balaban J connectivity index is 1.99. The van der Waals surface area contributed by atoms with Gasteiger partial charge in [0.25, 0.3) is 5.91 Å². The molecule has 0 radical (unpaired) electrons. The smallest absolute Gasteiger partial charge is 0.333 e. The number of allylic oxidation sites excluding steroid dienone is 1. The molecule has 0 aliphatic rings. The first kappa shape index (κ1) is 32.3. The lowest BCUT2D eigenvalue weighted by Gasteiger charge is -2.19. The maximum absolute atomic E-state index is 13.2. The molecule has 1 atom stereocenters. The van der Waals surface area contributed by atoms with Gasteiger partial charge in [0.15, 0.2) is 34.4 Å². The Morgan fingerprint density at radius 1 is 0.721 bits per heavy atom. The molecule has 0 saturated heterocycles. The topological polar surface area (TPSA) is 141 Å². The van der Waals surface area contributed by atoms with Crippen molar-refractivity contribution in [2.24, 2.45) is 0 Å². The fraction of sp³-hybridized carbons (Fsp3) is 0.290. The average molecular weight is 595 g/mol. The lowest BCUT2D eigenvalue weighted by molar-refractivity contribution is -0.141. The molecule has 0 spiro atoms. The van der Waals surface area contributed by atoms with Crippen LogP contribution >= 0.6 is 0 Å². The van der Waals surface area contributed by atoms with E-state index in [9.17, 15) is 14.4 Å². The van der Waals surface area contributed by atoms with E-state index in [4.69, 9.17) is 33.2 Å². The maximum atomic E-state index is 13.2. The summed E-state index contributed by atoms with van der Waals surface area (Å²) in [7, 11) is 7.45. The first-order chi connectivity index (χ1) is 20.6. The van der Waals surface area contributed by atoms with Gasteiger partial charge in [0.05, 0.1) is 35.5 Å². The number of pyridine rings is 1. The minimum atomic E-state index is -1.13. The van der Waals surface area contributed by atoms with Gasteiger partial charge in [-0.1, -0.05) is 12.1 Å². The van der Waals surface area contributed by atoms with Gasteiger partial charge in [0.2, 0.25) is 5.75 Å². The summed E-state index contributed by atoms with van der Waals surface area (Å²) in [5.41, 5.74) is 1.61. The zero-order chi connectivity index (χ0) is 31.7. The molecule has 3 aromatic rings. The molecule has 0 saturated carbocycles. The normalized spacial score (nSPS) is 11.0. The van der Waals surface area contributed by atoms with Crippen molar-refractivity contribution in [1.82, 2.24) is 10.3 Å². The van der Waals surface area contributed by atoms with E-state index in [1.807, 2.05) is 0 Å². The Morgan fingerprint density at radius 3 is 1.70 bits per heavy atom. The van der Waals surface area contributed by atoms with Gasteiger partial charge in [-0.15, -0.1) is 0 Å². The average Bonchev–Trinajstić information content (AvgIpc) is 3.00. The minimum absolute atomic E-state index is 0.124. The number of aromatic nitrogens is 1. The number of carbonyl (C=O) groups excluding carboxylic acids is 3. The number of nitrogens with zero attached hydrogens (tertiary/aromatic N) is 1. The van der Waals surface area contributed by atoms with Crippen molar-refractivity contribution < 1.29 is 47.5 Å². The molecule has 12 nitrogen and oxygen atoms in total. The Bertz CT molecular complexity index is 1480. The molecule has 3 rings (SSSR count). The first-order valence-corrected chi connectivity index (χ1v) is 13.0. The molecule has 0 aliphatic heterocycles. The monoisotopic (exact) mass is 594 g/mol. The third kappa shape index (κ3) is 7.53. The summed E-state index contributed by atoms with van der Waals surface area (Å²) in [6, 6.07) is 10.9. The standard InChI is InChI=1S/C31H34N2O10/c1-17(33-30(35)28-29(43-19(3)34)24(39-6)13-14-32-28)31(36)42-18(2)27(20-9-11-22(37-4)25(15-20)40-7)21-10-12-23(38-5)26(16-21)41-8/h9-17H,1-8H3,(H,33,35)/t17-/m0/s1. The number of benzene rings is 2. The van der Waals surface area contributed by atoms with Crippen molar-refractivity contribution in [3.63, 3.8) is 0 Å². The van der Waals surface area contributed by atoms with E-state index >= 15 is 0 Å². The van der Waals surface area contributed by atoms with Crippen LogP contribution in [-0.2, 0) is 14.3 Å². The molecule has 1 aromatic heterocycles. The molecule has 2 aromatic carbocycles. The summed E-state index contributed by atoms with van der Waals surface area (Å²) in [6.07, 6.45) is 1.31. The van der Waals surface area contributed by atoms with Crippen molar-refractivity contribution in [2.45, 2.75) is 26.8 Å². The largest absolute Gasteiger partial charge is 0.493 e. The zero-order valence-corrected chi connectivity index (χ0v) is 25.2. The highest BCUT2D eigenvalue weighted by Crippen LogP contribution is 2.38. The number of hydrogen-bond donors (Lipinski definition) is 1. The third-order valence-electron chi connectivity index (χ3n) is 6.20. The van der Waals surface area contributed by atoms with Crippen LogP contribution in [0.25, 0.3) is 5.57 Å². The summed E-state index contributed by atoms with van der Waals surface area (Å²) >= 11 is 0. The summed E-state index contributed by atoms with van der Waals surface area (Å²) in [5.74, 6) is -0.0697. The van der Waals surface area contributed by atoms with Crippen LogP contribution < -0.4 is 33.7 Å². The van der Waals surface area contributed by atoms with Gasteiger partial charge in [0.1, 0.15) is 11.8 Å². The number of amides is 1. The Morgan fingerprint density at radius 2 is 1.23 bits per heavy atom. The number of methoxy groups -OCH3 is 5. The number of rotatable bonds is 12. The fourth-order valence-corrected chi connectivity index (χ4v) is 4.17. The van der Waals surface area contributed by atoms with E-state index in [2.05, 4.69) is 10.3 Å². The van der Waals surface area contributed by atoms with Crippen molar-refractivity contribution >= 4 is 23.4 Å². The lowest BCUT2D eigenvalue weighted by atomic mass is 9.96. The quantitative estimate of drug-likeness (QED) is 0.238. The predicted molar refractivity (Wildman–Crippen MR) is 156 cm³/mol. The highest BCUT2D eigenvalue weighted by molar-refractivity contribution is 5.99. The highest BCUT2D eigenvalue weighted by atomic mass is 16.6. The molecule has 1 N–H and O–H groups in total. The number of ether oxygens (including phenoxy) is 7. The van der Waals surface area contributed by atoms with Crippen LogP contribution in [0.2, 0.25) is 0 Å². The number of esters is 2. The molecule has 0 unspecified atom stereocenters. The first-order valence-electron chi connectivity index (χ1n) is 13.0. The molecule has 228 valence electrons. The van der Waals surface area contributed by atoms with Gasteiger partial charge in [-0.2, -0.15) is 0 Å². The molecule has 0 fully saturated rings. The fourth-order valence-electron chi connectivity index (χ4n) is 4.17. The second-order valence-electron chi connectivity index (χ2n) is 8.97. The number of hydrogen-bond acceptors (Lipinski definition) is 11. The predicted octanol–water partition coefficient (Wildman–Crippen LogP) is 4.19. The Labute approximate surface area is 249 Å². The molecule has 12 heteroatoms. The molecule has 1 amide bonds. The molecular formula is C31H34N2O10. The van der Waals surface area contributed by atoms with Crippen LogP contribution in [0.1, 0.15) is 42.4 Å². The molecule has 0 bridgehead atoms. The summed E-state index contributed by atoms with van der Waals surface area (Å²) in [5, 5.41) is 2.53. The third-order valence-corrected chi connectivity index (χ3v) is 6.20. The van der Waals surface area contributed by atoms with E-state index in [0.29, 0.717) is 39.7 Å². The van der Waals surface area contributed by atoms with Gasteiger partial charge >= 0.3 is 11.9 Å². The summed E-state index contributed by atoms with van der Waals surface area (Å²) in [6.45, 7) is 4.25. The molecule has 1 heterocycles. The van der Waals surface area contributed by atoms with E-state index < -0.39 is 23.9 Å². The molecule has 43 heavy (non-hydrogen) atoms. The van der Waals surface area contributed by atoms with Gasteiger partial charge in [0, 0.05) is 24.8 Å². The lowest BCUT2D eigenvalue weighted by Crippen LogP contribution is -2.40. The number of carbonyl (C=O) groups is 3. The van der Waals surface area contributed by atoms with Gasteiger partial charge in [-0.3, -0.25) is 9.59 Å². The summed E-state index contributed by atoms with van der Waals surface area (Å²) < 4.78 is 37.8. The summed E-state index contributed by atoms with van der Waals surface area (Å²) in [4.78, 5) is 41.9. The van der Waals surface area contributed by atoms with Crippen molar-refractivity contribution in [2.75, 3.05) is 35.5 Å². The van der Waals surface area contributed by atoms with E-state index in [0.717, 1.165) is 0 Å². The van der Waals surface area contributed by atoms with Gasteiger partial charge in [-0.25, -0.2) is 9.78 Å². The van der Waals surface area contributed by atoms with E-state index in [-0.39, 0.29) is 23.0 Å². The van der Waals surface area contributed by atoms with Crippen molar-refractivity contribution in [3.8, 4) is 34.5 Å². The zero-order valence-electron chi connectivity index (χ0n) is 25.2. The maximum Gasteiger partial charge on any atom is 0.333 e. The molecular weight excluding hydrogens is 560 g/mol. The van der Waals surface area contributed by atoms with Crippen LogP contribution in [0.15, 0.2) is 54.4 Å². The highest BCUT2D eigenvalue weighted by Gasteiger charge is 2.26. The van der Waals surface area contributed by atoms with Crippen molar-refractivity contribution in [1.29, 1.82) is 0 Å². The number of nitrogens with one attached hydrogen (secondary N) is 1. The van der Waals surface area contributed by atoms with Crippen LogP contribution in [0.4, 0.5) is 0 Å². The van der Waals surface area contributed by atoms with Gasteiger partial charge < -0.3 is 38.5 Å². The van der Waals surface area contributed by atoms with Crippen LogP contribution in [0, 0.1) is 0 Å². The Kier molecular flexibility index (Phi) is 10.9. The van der Waals surface area contributed by atoms with Crippen molar-refractivity contribution in [3.05, 3.63) is 71.2 Å². The Hall–Kier alpha value is -5.26. The molecule has 0 aliphatic carbocycles. The minimum Gasteiger partial charge on any atom is -0.493 e. The van der Waals surface area contributed by atoms with Crippen LogP contribution in [0.3, 0.4) is 0 Å². The van der Waals surface area contributed by atoms with Crippen LogP contribution in [-0.4, -0.2) is 64.4 Å². The second kappa shape index (κ2) is 14.6. The van der Waals surface area contributed by atoms with Crippen LogP contribution in [0.5, 0.6) is 34.5 Å². The SMILES string of the molecule is COc1ccc(C(=C(C)OC(=O)[C@H](C)NC(=O)c2nccc(OC)c2OC(C)=O)c2ccc(OC)c(OC)c2)cc1OC. The second-order valence-corrected chi connectivity index (χ2v) is 8.97.